The standard InChI is InChI=1S/C18H21N/c1-12-6-9-18(15(4)10-12)19-16(5)17-8-7-13(2)14(3)11-17/h6-11,19H,5H2,1-4H3. The quantitative estimate of drug-likeness (QED) is 0.809. The van der Waals surface area contributed by atoms with Crippen molar-refractivity contribution < 1.29 is 0 Å². The highest BCUT2D eigenvalue weighted by molar-refractivity contribution is 5.77. The van der Waals surface area contributed by atoms with Crippen molar-refractivity contribution in [1.29, 1.82) is 0 Å². The molecule has 2 aromatic carbocycles. The third-order valence-corrected chi connectivity index (χ3v) is 3.52. The molecule has 0 aromatic heterocycles. The van der Waals surface area contributed by atoms with Crippen molar-refractivity contribution in [1.82, 2.24) is 0 Å². The lowest BCUT2D eigenvalue weighted by Gasteiger charge is -2.14. The summed E-state index contributed by atoms with van der Waals surface area (Å²) in [6.07, 6.45) is 0. The molecule has 1 heteroatoms. The molecule has 0 saturated carbocycles. The molecular formula is C18H21N. The van der Waals surface area contributed by atoms with Gasteiger partial charge in [-0.25, -0.2) is 0 Å². The topological polar surface area (TPSA) is 12.0 Å². The second-order valence-corrected chi connectivity index (χ2v) is 5.22. The lowest BCUT2D eigenvalue weighted by Crippen LogP contribution is -2.00. The van der Waals surface area contributed by atoms with Gasteiger partial charge in [-0.3, -0.25) is 0 Å². The van der Waals surface area contributed by atoms with Crippen molar-refractivity contribution in [3.63, 3.8) is 0 Å². The average molecular weight is 251 g/mol. The normalized spacial score (nSPS) is 10.3. The van der Waals surface area contributed by atoms with Gasteiger partial charge in [0.1, 0.15) is 0 Å². The van der Waals surface area contributed by atoms with Gasteiger partial charge in [0.15, 0.2) is 0 Å². The van der Waals surface area contributed by atoms with Gasteiger partial charge in [-0.15, -0.1) is 0 Å². The third-order valence-electron chi connectivity index (χ3n) is 3.52. The summed E-state index contributed by atoms with van der Waals surface area (Å²) in [5.74, 6) is 0. The molecule has 0 spiro atoms. The fraction of sp³-hybridized carbons (Fsp3) is 0.222. The van der Waals surface area contributed by atoms with Gasteiger partial charge in [0.25, 0.3) is 0 Å². The summed E-state index contributed by atoms with van der Waals surface area (Å²) in [5.41, 5.74) is 8.32. The minimum atomic E-state index is 0.940. The summed E-state index contributed by atoms with van der Waals surface area (Å²) in [7, 11) is 0. The van der Waals surface area contributed by atoms with Crippen molar-refractivity contribution in [3.05, 3.63) is 70.8 Å². The second-order valence-electron chi connectivity index (χ2n) is 5.22. The van der Waals surface area contributed by atoms with E-state index in [9.17, 15) is 0 Å². The SMILES string of the molecule is C=C(Nc1ccc(C)cc1C)c1ccc(C)c(C)c1. The molecule has 1 nitrogen and oxygen atoms in total. The van der Waals surface area contributed by atoms with Crippen LogP contribution in [-0.4, -0.2) is 0 Å². The van der Waals surface area contributed by atoms with Crippen molar-refractivity contribution in [2.24, 2.45) is 0 Å². The van der Waals surface area contributed by atoms with E-state index < -0.39 is 0 Å². The molecule has 0 aliphatic carbocycles. The smallest absolute Gasteiger partial charge is 0.0414 e. The molecule has 0 aliphatic heterocycles. The number of aryl methyl sites for hydroxylation is 4. The zero-order valence-electron chi connectivity index (χ0n) is 12.2. The zero-order chi connectivity index (χ0) is 14.0. The monoisotopic (exact) mass is 251 g/mol. The summed E-state index contributed by atoms with van der Waals surface area (Å²) in [6.45, 7) is 12.6. The van der Waals surface area contributed by atoms with E-state index in [-0.39, 0.29) is 0 Å². The van der Waals surface area contributed by atoms with Crippen molar-refractivity contribution >= 4 is 11.4 Å². The lowest BCUT2D eigenvalue weighted by atomic mass is 10.0. The van der Waals surface area contributed by atoms with Gasteiger partial charge in [0.2, 0.25) is 0 Å². The van der Waals surface area contributed by atoms with E-state index in [0.717, 1.165) is 16.9 Å². The Hall–Kier alpha value is -2.02. The van der Waals surface area contributed by atoms with Gasteiger partial charge in [-0.05, 0) is 62.1 Å². The number of hydrogen-bond acceptors (Lipinski definition) is 1. The number of nitrogens with one attached hydrogen (secondary N) is 1. The molecular weight excluding hydrogens is 230 g/mol. The van der Waals surface area contributed by atoms with Crippen LogP contribution in [-0.2, 0) is 0 Å². The molecule has 0 amide bonds. The van der Waals surface area contributed by atoms with Crippen LogP contribution in [0.15, 0.2) is 43.0 Å². The first-order valence-electron chi connectivity index (χ1n) is 6.58. The first-order chi connectivity index (χ1) is 8.97. The van der Waals surface area contributed by atoms with Crippen LogP contribution < -0.4 is 5.32 Å². The van der Waals surface area contributed by atoms with Crippen molar-refractivity contribution in [3.8, 4) is 0 Å². The maximum Gasteiger partial charge on any atom is 0.0414 e. The summed E-state index contributed by atoms with van der Waals surface area (Å²) in [5, 5.41) is 3.41. The number of hydrogen-bond donors (Lipinski definition) is 1. The molecule has 0 saturated heterocycles. The van der Waals surface area contributed by atoms with E-state index in [4.69, 9.17) is 0 Å². The van der Waals surface area contributed by atoms with Crippen molar-refractivity contribution in [2.75, 3.05) is 5.32 Å². The van der Waals surface area contributed by atoms with Gasteiger partial charge in [0.05, 0.1) is 0 Å². The highest BCUT2D eigenvalue weighted by atomic mass is 14.9. The van der Waals surface area contributed by atoms with E-state index in [1.54, 1.807) is 0 Å². The number of anilines is 1. The Balaban J connectivity index is 2.23. The third kappa shape index (κ3) is 3.05. The Labute approximate surface area is 116 Å². The lowest BCUT2D eigenvalue weighted by molar-refractivity contribution is 1.32. The molecule has 0 bridgehead atoms. The molecule has 0 heterocycles. The molecule has 0 aliphatic rings. The van der Waals surface area contributed by atoms with Gasteiger partial charge in [0, 0.05) is 11.4 Å². The highest BCUT2D eigenvalue weighted by Gasteiger charge is 2.03. The van der Waals surface area contributed by atoms with Crippen LogP contribution in [0.25, 0.3) is 5.70 Å². The summed E-state index contributed by atoms with van der Waals surface area (Å²) < 4.78 is 0. The van der Waals surface area contributed by atoms with Crippen LogP contribution in [0.5, 0.6) is 0 Å². The van der Waals surface area contributed by atoms with Crippen LogP contribution in [0.1, 0.15) is 27.8 Å². The molecule has 2 rings (SSSR count). The Morgan fingerprint density at radius 1 is 0.842 bits per heavy atom. The van der Waals surface area contributed by atoms with Gasteiger partial charge in [-0.2, -0.15) is 0 Å². The van der Waals surface area contributed by atoms with Crippen LogP contribution in [0.2, 0.25) is 0 Å². The van der Waals surface area contributed by atoms with E-state index >= 15 is 0 Å². The molecule has 0 radical (unpaired) electrons. The van der Waals surface area contributed by atoms with E-state index in [0.29, 0.717) is 0 Å². The fourth-order valence-electron chi connectivity index (χ4n) is 2.12. The maximum atomic E-state index is 4.14. The maximum absolute atomic E-state index is 4.14. The van der Waals surface area contributed by atoms with E-state index in [1.807, 2.05) is 0 Å². The molecule has 1 N–H and O–H groups in total. The molecule has 98 valence electrons. The summed E-state index contributed by atoms with van der Waals surface area (Å²) in [4.78, 5) is 0. The highest BCUT2D eigenvalue weighted by Crippen LogP contribution is 2.22. The summed E-state index contributed by atoms with van der Waals surface area (Å²) in [6, 6.07) is 12.8. The zero-order valence-corrected chi connectivity index (χ0v) is 12.2. The molecule has 19 heavy (non-hydrogen) atoms. The van der Waals surface area contributed by atoms with Gasteiger partial charge < -0.3 is 5.32 Å². The minimum Gasteiger partial charge on any atom is -0.355 e. The van der Waals surface area contributed by atoms with Gasteiger partial charge >= 0.3 is 0 Å². The first-order valence-corrected chi connectivity index (χ1v) is 6.58. The Bertz CT molecular complexity index is 624. The van der Waals surface area contributed by atoms with Crippen LogP contribution in [0.4, 0.5) is 5.69 Å². The fourth-order valence-corrected chi connectivity index (χ4v) is 2.12. The predicted octanol–water partition coefficient (Wildman–Crippen LogP) is 5.00. The van der Waals surface area contributed by atoms with Crippen LogP contribution >= 0.6 is 0 Å². The molecule has 0 atom stereocenters. The number of rotatable bonds is 3. The van der Waals surface area contributed by atoms with Crippen LogP contribution in [0.3, 0.4) is 0 Å². The number of benzene rings is 2. The Kier molecular flexibility index (Phi) is 3.75. The van der Waals surface area contributed by atoms with E-state index in [2.05, 4.69) is 76.0 Å². The van der Waals surface area contributed by atoms with Crippen LogP contribution in [0, 0.1) is 27.7 Å². The van der Waals surface area contributed by atoms with Crippen molar-refractivity contribution in [2.45, 2.75) is 27.7 Å². The molecule has 2 aromatic rings. The molecule has 0 unspecified atom stereocenters. The molecule has 0 fully saturated rings. The second kappa shape index (κ2) is 5.31. The Morgan fingerprint density at radius 3 is 2.21 bits per heavy atom. The minimum absolute atomic E-state index is 0.940. The predicted molar refractivity (Wildman–Crippen MR) is 84.5 cm³/mol. The largest absolute Gasteiger partial charge is 0.355 e. The van der Waals surface area contributed by atoms with Gasteiger partial charge in [-0.1, -0.05) is 36.4 Å². The average Bonchev–Trinajstić information content (AvgIpc) is 2.36. The Morgan fingerprint density at radius 2 is 1.58 bits per heavy atom. The van der Waals surface area contributed by atoms with E-state index in [1.165, 1.54) is 22.3 Å². The first kappa shape index (κ1) is 13.4. The summed E-state index contributed by atoms with van der Waals surface area (Å²) >= 11 is 0.